The second kappa shape index (κ2) is 6.63. The topological polar surface area (TPSA) is 64.8 Å². The van der Waals surface area contributed by atoms with E-state index < -0.39 is 0 Å². The van der Waals surface area contributed by atoms with Crippen molar-refractivity contribution in [3.05, 3.63) is 23.8 Å². The standard InChI is InChI=1S/C13H18N2O3.ClH/c1-17-11-5-3-4-10(12(11)18-2)13(16)15-7-6-9(14)8-15;/h3-5,9H,6-8,14H2,1-2H3;1H. The van der Waals surface area contributed by atoms with Gasteiger partial charge in [0.25, 0.3) is 5.91 Å². The average molecular weight is 287 g/mol. The van der Waals surface area contributed by atoms with Crippen molar-refractivity contribution in [3.63, 3.8) is 0 Å². The zero-order valence-corrected chi connectivity index (χ0v) is 11.9. The van der Waals surface area contributed by atoms with E-state index in [0.29, 0.717) is 30.2 Å². The Morgan fingerprint density at radius 2 is 2.11 bits per heavy atom. The number of benzene rings is 1. The molecule has 2 N–H and O–H groups in total. The predicted molar refractivity (Wildman–Crippen MR) is 75.3 cm³/mol. The molecule has 1 heterocycles. The van der Waals surface area contributed by atoms with Crippen LogP contribution in [0.3, 0.4) is 0 Å². The number of rotatable bonds is 3. The van der Waals surface area contributed by atoms with E-state index in [9.17, 15) is 4.79 Å². The van der Waals surface area contributed by atoms with Crippen molar-refractivity contribution in [3.8, 4) is 11.5 Å². The highest BCUT2D eigenvalue weighted by Gasteiger charge is 2.27. The van der Waals surface area contributed by atoms with Crippen molar-refractivity contribution in [1.82, 2.24) is 4.90 Å². The highest BCUT2D eigenvalue weighted by molar-refractivity contribution is 5.98. The Bertz CT molecular complexity index is 454. The van der Waals surface area contributed by atoms with E-state index in [1.165, 1.54) is 7.11 Å². The van der Waals surface area contributed by atoms with E-state index in [1.807, 2.05) is 0 Å². The third kappa shape index (κ3) is 3.11. The minimum atomic E-state index is -0.0568. The molecule has 1 aromatic rings. The molecule has 5 nitrogen and oxygen atoms in total. The second-order valence-electron chi connectivity index (χ2n) is 4.34. The second-order valence-corrected chi connectivity index (χ2v) is 4.34. The molecule has 0 aromatic heterocycles. The van der Waals surface area contributed by atoms with Gasteiger partial charge < -0.3 is 20.1 Å². The number of hydrogen-bond acceptors (Lipinski definition) is 4. The quantitative estimate of drug-likeness (QED) is 0.910. The first-order chi connectivity index (χ1) is 8.67. The molecule has 0 radical (unpaired) electrons. The van der Waals surface area contributed by atoms with Gasteiger partial charge in [0.15, 0.2) is 11.5 Å². The Morgan fingerprint density at radius 1 is 1.37 bits per heavy atom. The Kier molecular flexibility index (Phi) is 5.44. The van der Waals surface area contributed by atoms with Gasteiger partial charge in [-0.3, -0.25) is 4.79 Å². The van der Waals surface area contributed by atoms with Crippen molar-refractivity contribution < 1.29 is 14.3 Å². The van der Waals surface area contributed by atoms with E-state index in [1.54, 1.807) is 30.2 Å². The van der Waals surface area contributed by atoms with Gasteiger partial charge in [-0.25, -0.2) is 0 Å². The highest BCUT2D eigenvalue weighted by atomic mass is 35.5. The summed E-state index contributed by atoms with van der Waals surface area (Å²) in [6.45, 7) is 1.29. The van der Waals surface area contributed by atoms with Gasteiger partial charge in [0.2, 0.25) is 0 Å². The Labute approximate surface area is 119 Å². The lowest BCUT2D eigenvalue weighted by Crippen LogP contribution is -2.32. The third-order valence-electron chi connectivity index (χ3n) is 3.15. The number of amides is 1. The summed E-state index contributed by atoms with van der Waals surface area (Å²) in [6, 6.07) is 5.37. The molecule has 19 heavy (non-hydrogen) atoms. The van der Waals surface area contributed by atoms with E-state index >= 15 is 0 Å². The number of carbonyl (C=O) groups is 1. The number of ether oxygens (including phenoxy) is 2. The molecule has 2 rings (SSSR count). The SMILES string of the molecule is COc1cccc(C(=O)N2CCC(N)C2)c1OC.Cl. The third-order valence-corrected chi connectivity index (χ3v) is 3.15. The molecule has 1 unspecified atom stereocenters. The first-order valence-electron chi connectivity index (χ1n) is 5.93. The first kappa shape index (κ1) is 15.6. The van der Waals surface area contributed by atoms with Crippen LogP contribution in [0.15, 0.2) is 18.2 Å². The van der Waals surface area contributed by atoms with Crippen LogP contribution in [0.25, 0.3) is 0 Å². The minimum absolute atomic E-state index is 0. The average Bonchev–Trinajstić information content (AvgIpc) is 2.83. The summed E-state index contributed by atoms with van der Waals surface area (Å²) in [5.41, 5.74) is 6.34. The van der Waals surface area contributed by atoms with Crippen LogP contribution in [0, 0.1) is 0 Å². The molecule has 0 saturated carbocycles. The van der Waals surface area contributed by atoms with E-state index in [2.05, 4.69) is 0 Å². The first-order valence-corrected chi connectivity index (χ1v) is 5.93. The number of halogens is 1. The molecule has 1 aliphatic heterocycles. The van der Waals surface area contributed by atoms with Gasteiger partial charge >= 0.3 is 0 Å². The van der Waals surface area contributed by atoms with Crippen LogP contribution < -0.4 is 15.2 Å². The number of carbonyl (C=O) groups excluding carboxylic acids is 1. The minimum Gasteiger partial charge on any atom is -0.493 e. The van der Waals surface area contributed by atoms with Gasteiger partial charge in [0.1, 0.15) is 0 Å². The summed E-state index contributed by atoms with van der Waals surface area (Å²) >= 11 is 0. The van der Waals surface area contributed by atoms with Crippen LogP contribution >= 0.6 is 12.4 Å². The van der Waals surface area contributed by atoms with Crippen LogP contribution in [0.1, 0.15) is 16.8 Å². The highest BCUT2D eigenvalue weighted by Crippen LogP contribution is 2.31. The maximum atomic E-state index is 12.4. The summed E-state index contributed by atoms with van der Waals surface area (Å²) in [7, 11) is 3.09. The number of nitrogens with two attached hydrogens (primary N) is 1. The van der Waals surface area contributed by atoms with Gasteiger partial charge in [-0.1, -0.05) is 6.07 Å². The zero-order valence-electron chi connectivity index (χ0n) is 11.1. The van der Waals surface area contributed by atoms with Crippen LogP contribution in [-0.2, 0) is 0 Å². The van der Waals surface area contributed by atoms with Crippen molar-refractivity contribution in [2.75, 3.05) is 27.3 Å². The lowest BCUT2D eigenvalue weighted by Gasteiger charge is -2.18. The van der Waals surface area contributed by atoms with E-state index in [-0.39, 0.29) is 24.4 Å². The van der Waals surface area contributed by atoms with Crippen molar-refractivity contribution >= 4 is 18.3 Å². The van der Waals surface area contributed by atoms with Crippen LogP contribution in [-0.4, -0.2) is 44.2 Å². The zero-order chi connectivity index (χ0) is 13.1. The maximum absolute atomic E-state index is 12.4. The molecule has 0 spiro atoms. The Hall–Kier alpha value is -1.46. The molecule has 1 fully saturated rings. The summed E-state index contributed by atoms with van der Waals surface area (Å²) < 4.78 is 10.5. The summed E-state index contributed by atoms with van der Waals surface area (Å²) in [5, 5.41) is 0. The van der Waals surface area contributed by atoms with Crippen molar-refractivity contribution in [2.24, 2.45) is 5.73 Å². The number of para-hydroxylation sites is 1. The van der Waals surface area contributed by atoms with Gasteiger partial charge in [0.05, 0.1) is 19.8 Å². The number of hydrogen-bond donors (Lipinski definition) is 1. The Balaban J connectivity index is 0.00000180. The molecule has 1 aliphatic rings. The largest absolute Gasteiger partial charge is 0.493 e. The van der Waals surface area contributed by atoms with Crippen LogP contribution in [0.4, 0.5) is 0 Å². The molecule has 1 aromatic carbocycles. The molecular weight excluding hydrogens is 268 g/mol. The van der Waals surface area contributed by atoms with Gasteiger partial charge in [0, 0.05) is 19.1 Å². The molecule has 106 valence electrons. The van der Waals surface area contributed by atoms with Crippen molar-refractivity contribution in [1.29, 1.82) is 0 Å². The van der Waals surface area contributed by atoms with Crippen LogP contribution in [0.2, 0.25) is 0 Å². The summed E-state index contributed by atoms with van der Waals surface area (Å²) in [5.74, 6) is 0.982. The number of methoxy groups -OCH3 is 2. The molecule has 1 saturated heterocycles. The predicted octanol–water partition coefficient (Wildman–Crippen LogP) is 1.30. The fourth-order valence-corrected chi connectivity index (χ4v) is 2.20. The van der Waals surface area contributed by atoms with Gasteiger partial charge in [-0.05, 0) is 18.6 Å². The maximum Gasteiger partial charge on any atom is 0.257 e. The monoisotopic (exact) mass is 286 g/mol. The van der Waals surface area contributed by atoms with Gasteiger partial charge in [-0.2, -0.15) is 0 Å². The Morgan fingerprint density at radius 3 is 2.63 bits per heavy atom. The molecule has 1 atom stereocenters. The van der Waals surface area contributed by atoms with E-state index in [4.69, 9.17) is 15.2 Å². The summed E-state index contributed by atoms with van der Waals surface area (Å²) in [4.78, 5) is 14.1. The molecular formula is C13H19ClN2O3. The van der Waals surface area contributed by atoms with Crippen molar-refractivity contribution in [2.45, 2.75) is 12.5 Å². The van der Waals surface area contributed by atoms with Crippen LogP contribution in [0.5, 0.6) is 11.5 Å². The molecule has 1 amide bonds. The summed E-state index contributed by atoms with van der Waals surface area (Å²) in [6.07, 6.45) is 0.845. The molecule has 0 bridgehead atoms. The van der Waals surface area contributed by atoms with Gasteiger partial charge in [-0.15, -0.1) is 12.4 Å². The molecule has 0 aliphatic carbocycles. The number of likely N-dealkylation sites (tertiary alicyclic amines) is 1. The fraction of sp³-hybridized carbons (Fsp3) is 0.462. The smallest absolute Gasteiger partial charge is 0.257 e. The normalized spacial score (nSPS) is 17.8. The lowest BCUT2D eigenvalue weighted by molar-refractivity contribution is 0.0787. The number of nitrogens with zero attached hydrogens (tertiary/aromatic N) is 1. The fourth-order valence-electron chi connectivity index (χ4n) is 2.20. The van der Waals surface area contributed by atoms with E-state index in [0.717, 1.165) is 6.42 Å². The molecule has 6 heteroatoms. The lowest BCUT2D eigenvalue weighted by atomic mass is 10.1.